The van der Waals surface area contributed by atoms with Crippen LogP contribution in [-0.2, 0) is 28.5 Å². The number of ketones is 1. The molecule has 0 saturated carbocycles. The van der Waals surface area contributed by atoms with E-state index < -0.39 is 5.79 Å². The van der Waals surface area contributed by atoms with Gasteiger partial charge in [-0.05, 0) is 19.8 Å². The van der Waals surface area contributed by atoms with Crippen molar-refractivity contribution in [3.8, 4) is 0 Å². The van der Waals surface area contributed by atoms with E-state index in [1.165, 1.54) is 6.92 Å². The van der Waals surface area contributed by atoms with E-state index >= 15 is 0 Å². The molecule has 1 amide bonds. The zero-order chi connectivity index (χ0) is 18.5. The lowest BCUT2D eigenvalue weighted by Crippen LogP contribution is -2.50. The zero-order valence-electron chi connectivity index (χ0n) is 15.9. The molecule has 0 atom stereocenters. The van der Waals surface area contributed by atoms with Crippen LogP contribution in [0, 0.1) is 0 Å². The number of piperidine rings is 1. The number of methoxy groups -OCH3 is 2. The molecule has 0 aromatic carbocycles. The van der Waals surface area contributed by atoms with E-state index in [2.05, 4.69) is 0 Å². The van der Waals surface area contributed by atoms with Gasteiger partial charge in [0.1, 0.15) is 5.78 Å². The van der Waals surface area contributed by atoms with Gasteiger partial charge in [-0.1, -0.05) is 0 Å². The zero-order valence-corrected chi connectivity index (χ0v) is 15.9. The van der Waals surface area contributed by atoms with Crippen LogP contribution in [0.4, 0.5) is 0 Å². The fraction of sp³-hybridized carbons (Fsp3) is 0.889. The Labute approximate surface area is 150 Å². The summed E-state index contributed by atoms with van der Waals surface area (Å²) in [6.07, 6.45) is 3.48. The smallest absolute Gasteiger partial charge is 0.223 e. The Kier molecular flexibility index (Phi) is 10.9. The Morgan fingerprint density at radius 1 is 0.880 bits per heavy atom. The lowest BCUT2D eigenvalue weighted by atomic mass is 10.0. The van der Waals surface area contributed by atoms with E-state index in [1.54, 1.807) is 19.1 Å². The number of likely N-dealkylation sites (tertiary alicyclic amines) is 1. The summed E-state index contributed by atoms with van der Waals surface area (Å²) in [6, 6.07) is 0. The topological polar surface area (TPSA) is 74.3 Å². The van der Waals surface area contributed by atoms with Crippen molar-refractivity contribution in [3.63, 3.8) is 0 Å². The van der Waals surface area contributed by atoms with Crippen molar-refractivity contribution in [3.05, 3.63) is 0 Å². The molecular weight excluding hydrogens is 326 g/mol. The standard InChI is InChI=1S/C18H33NO6/c1-16(20)6-7-17(21)19-10-8-18(9-11-19,24-14-4-12-22-2)25-15-5-13-23-3/h4-15H2,1-3H3. The molecular formula is C18H33NO6. The highest BCUT2D eigenvalue weighted by atomic mass is 16.7. The predicted octanol–water partition coefficient (Wildman–Crippen LogP) is 1.78. The van der Waals surface area contributed by atoms with Crippen LogP contribution >= 0.6 is 0 Å². The van der Waals surface area contributed by atoms with Crippen LogP contribution < -0.4 is 0 Å². The first-order valence-corrected chi connectivity index (χ1v) is 9.06. The highest BCUT2D eigenvalue weighted by molar-refractivity contribution is 5.83. The van der Waals surface area contributed by atoms with E-state index in [0.29, 0.717) is 58.8 Å². The molecule has 1 aliphatic heterocycles. The predicted molar refractivity (Wildman–Crippen MR) is 93.4 cm³/mol. The third-order valence-electron chi connectivity index (χ3n) is 4.28. The summed E-state index contributed by atoms with van der Waals surface area (Å²) in [7, 11) is 3.34. The molecule has 0 radical (unpaired) electrons. The number of amides is 1. The van der Waals surface area contributed by atoms with Crippen molar-refractivity contribution < 1.29 is 28.5 Å². The van der Waals surface area contributed by atoms with Crippen molar-refractivity contribution in [2.45, 2.75) is 51.2 Å². The molecule has 0 aromatic rings. The molecule has 0 unspecified atom stereocenters. The van der Waals surface area contributed by atoms with Gasteiger partial charge in [0.05, 0.1) is 13.2 Å². The van der Waals surface area contributed by atoms with Gasteiger partial charge >= 0.3 is 0 Å². The average Bonchev–Trinajstić information content (AvgIpc) is 2.61. The molecule has 1 saturated heterocycles. The van der Waals surface area contributed by atoms with Gasteiger partial charge in [-0.15, -0.1) is 0 Å². The van der Waals surface area contributed by atoms with Crippen LogP contribution in [0.1, 0.15) is 45.4 Å². The second-order valence-electron chi connectivity index (χ2n) is 6.38. The summed E-state index contributed by atoms with van der Waals surface area (Å²) in [6.45, 7) is 5.12. The van der Waals surface area contributed by atoms with Gasteiger partial charge in [-0.3, -0.25) is 4.79 Å². The SMILES string of the molecule is COCCCOC1(OCCCOC)CCN(C(=O)CCC(C)=O)CC1. The van der Waals surface area contributed by atoms with Gasteiger partial charge < -0.3 is 28.6 Å². The maximum absolute atomic E-state index is 12.2. The minimum Gasteiger partial charge on any atom is -0.385 e. The molecule has 1 aliphatic rings. The quantitative estimate of drug-likeness (QED) is 0.369. The first-order chi connectivity index (χ1) is 12.0. The molecule has 7 nitrogen and oxygen atoms in total. The fourth-order valence-corrected chi connectivity index (χ4v) is 2.79. The Morgan fingerprint density at radius 3 is 1.84 bits per heavy atom. The lowest BCUT2D eigenvalue weighted by Gasteiger charge is -2.41. The second-order valence-corrected chi connectivity index (χ2v) is 6.38. The van der Waals surface area contributed by atoms with Gasteiger partial charge in [-0.2, -0.15) is 0 Å². The van der Waals surface area contributed by atoms with E-state index in [-0.39, 0.29) is 18.1 Å². The third kappa shape index (κ3) is 8.76. The number of rotatable bonds is 13. The Hall–Kier alpha value is -1.02. The molecule has 0 spiro atoms. The average molecular weight is 359 g/mol. The lowest BCUT2D eigenvalue weighted by molar-refractivity contribution is -0.258. The summed E-state index contributed by atoms with van der Waals surface area (Å²) in [5.41, 5.74) is 0. The molecule has 0 N–H and O–H groups in total. The Bertz CT molecular complexity index is 379. The third-order valence-corrected chi connectivity index (χ3v) is 4.28. The molecule has 146 valence electrons. The van der Waals surface area contributed by atoms with Crippen LogP contribution in [0.25, 0.3) is 0 Å². The maximum Gasteiger partial charge on any atom is 0.223 e. The number of ether oxygens (including phenoxy) is 4. The number of carbonyl (C=O) groups is 2. The van der Waals surface area contributed by atoms with Gasteiger partial charge in [0, 0.05) is 66.2 Å². The molecule has 0 aliphatic carbocycles. The minimum atomic E-state index is -0.640. The second kappa shape index (κ2) is 12.4. The molecule has 0 aromatic heterocycles. The molecule has 1 fully saturated rings. The summed E-state index contributed by atoms with van der Waals surface area (Å²) < 4.78 is 22.2. The van der Waals surface area contributed by atoms with Crippen LogP contribution in [-0.4, -0.2) is 76.1 Å². The number of carbonyl (C=O) groups excluding carboxylic acids is 2. The molecule has 1 rings (SSSR count). The van der Waals surface area contributed by atoms with Crippen LogP contribution in [0.5, 0.6) is 0 Å². The number of nitrogens with zero attached hydrogens (tertiary/aromatic N) is 1. The van der Waals surface area contributed by atoms with E-state index in [9.17, 15) is 9.59 Å². The summed E-state index contributed by atoms with van der Waals surface area (Å²) >= 11 is 0. The van der Waals surface area contributed by atoms with Crippen molar-refractivity contribution in [1.82, 2.24) is 4.90 Å². The van der Waals surface area contributed by atoms with Gasteiger partial charge in [0.15, 0.2) is 5.79 Å². The van der Waals surface area contributed by atoms with Gasteiger partial charge in [0.25, 0.3) is 0 Å². The normalized spacial score (nSPS) is 16.8. The van der Waals surface area contributed by atoms with Crippen LogP contribution in [0.3, 0.4) is 0 Å². The Balaban J connectivity index is 2.48. The first kappa shape index (κ1) is 22.0. The summed E-state index contributed by atoms with van der Waals surface area (Å²) in [4.78, 5) is 25.0. The molecule has 0 bridgehead atoms. The number of Topliss-reactive ketones (excluding diaryl/α,β-unsaturated/α-hetero) is 1. The first-order valence-electron chi connectivity index (χ1n) is 9.06. The monoisotopic (exact) mass is 359 g/mol. The number of hydrogen-bond acceptors (Lipinski definition) is 6. The minimum absolute atomic E-state index is 0.0302. The summed E-state index contributed by atoms with van der Waals surface area (Å²) in [5, 5.41) is 0. The Morgan fingerprint density at radius 2 is 1.40 bits per heavy atom. The van der Waals surface area contributed by atoms with Gasteiger partial charge in [0.2, 0.25) is 5.91 Å². The maximum atomic E-state index is 12.2. The van der Waals surface area contributed by atoms with Crippen molar-refractivity contribution >= 4 is 11.7 Å². The van der Waals surface area contributed by atoms with Crippen molar-refractivity contribution in [1.29, 1.82) is 0 Å². The highest BCUT2D eigenvalue weighted by Gasteiger charge is 2.37. The van der Waals surface area contributed by atoms with Crippen LogP contribution in [0.15, 0.2) is 0 Å². The fourth-order valence-electron chi connectivity index (χ4n) is 2.79. The van der Waals surface area contributed by atoms with E-state index in [0.717, 1.165) is 12.8 Å². The number of hydrogen-bond donors (Lipinski definition) is 0. The van der Waals surface area contributed by atoms with Crippen molar-refractivity contribution in [2.75, 3.05) is 53.7 Å². The molecule has 1 heterocycles. The van der Waals surface area contributed by atoms with E-state index in [4.69, 9.17) is 18.9 Å². The van der Waals surface area contributed by atoms with Gasteiger partial charge in [-0.25, -0.2) is 0 Å². The van der Waals surface area contributed by atoms with Crippen molar-refractivity contribution in [2.24, 2.45) is 0 Å². The van der Waals surface area contributed by atoms with Crippen LogP contribution in [0.2, 0.25) is 0 Å². The largest absolute Gasteiger partial charge is 0.385 e. The molecule has 25 heavy (non-hydrogen) atoms. The molecule has 7 heteroatoms. The van der Waals surface area contributed by atoms with E-state index in [1.807, 2.05) is 0 Å². The summed E-state index contributed by atoms with van der Waals surface area (Å²) in [5.74, 6) is -0.566. The highest BCUT2D eigenvalue weighted by Crippen LogP contribution is 2.29.